The predicted molar refractivity (Wildman–Crippen MR) is 101 cm³/mol. The Bertz CT molecular complexity index is 637. The lowest BCUT2D eigenvalue weighted by Gasteiger charge is -2.48. The Morgan fingerprint density at radius 2 is 0.824 bits per heavy atom. The van der Waals surface area contributed by atoms with Crippen molar-refractivity contribution in [2.45, 2.75) is 92.1 Å². The van der Waals surface area contributed by atoms with Gasteiger partial charge >= 0.3 is 0 Å². The summed E-state index contributed by atoms with van der Waals surface area (Å²) in [5, 5.41) is 109. The van der Waals surface area contributed by atoms with Gasteiger partial charge in [-0.05, 0) is 0 Å². The molecule has 3 aliphatic heterocycles. The van der Waals surface area contributed by atoms with Gasteiger partial charge in [0.1, 0.15) is 73.2 Å². The van der Waals surface area contributed by atoms with Gasteiger partial charge < -0.3 is 79.9 Å². The Kier molecular flexibility index (Phi) is 9.54. The molecular weight excluding hydrogens is 472 g/mol. The van der Waals surface area contributed by atoms with Crippen molar-refractivity contribution in [3.63, 3.8) is 0 Å². The summed E-state index contributed by atoms with van der Waals surface area (Å²) in [6.07, 6.45) is -25.6. The van der Waals surface area contributed by atoms with E-state index in [1.165, 1.54) is 0 Å². The highest BCUT2D eigenvalue weighted by Gasteiger charge is 2.53. The van der Waals surface area contributed by atoms with Crippen molar-refractivity contribution in [2.24, 2.45) is 0 Å². The molecule has 3 saturated heterocycles. The van der Waals surface area contributed by atoms with Crippen molar-refractivity contribution < 1.29 is 79.9 Å². The molecule has 15 atom stereocenters. The molecule has 3 rings (SSSR count). The van der Waals surface area contributed by atoms with Crippen LogP contribution in [-0.2, 0) is 23.7 Å². The lowest BCUT2D eigenvalue weighted by Crippen LogP contribution is -2.67. The number of aliphatic hydroxyl groups is 11. The monoisotopic (exact) mass is 504 g/mol. The van der Waals surface area contributed by atoms with E-state index in [1.54, 1.807) is 0 Å². The first-order valence-corrected chi connectivity index (χ1v) is 10.6. The molecule has 34 heavy (non-hydrogen) atoms. The van der Waals surface area contributed by atoms with Crippen LogP contribution in [0.3, 0.4) is 0 Å². The van der Waals surface area contributed by atoms with Crippen LogP contribution < -0.4 is 0 Å². The van der Waals surface area contributed by atoms with Gasteiger partial charge in [0.15, 0.2) is 18.9 Å². The Hall–Kier alpha value is -0.640. The number of hydrogen-bond acceptors (Lipinski definition) is 16. The number of aliphatic hydroxyl groups excluding tert-OH is 11. The summed E-state index contributed by atoms with van der Waals surface area (Å²) in [5.41, 5.74) is 0. The van der Waals surface area contributed by atoms with Crippen molar-refractivity contribution in [3.05, 3.63) is 0 Å². The normalized spacial score (nSPS) is 52.5. The van der Waals surface area contributed by atoms with Gasteiger partial charge in [0.05, 0.1) is 19.8 Å². The molecule has 0 saturated carbocycles. The smallest absolute Gasteiger partial charge is 0.187 e. The second-order valence-corrected chi connectivity index (χ2v) is 8.33. The van der Waals surface area contributed by atoms with Crippen molar-refractivity contribution in [2.75, 3.05) is 19.8 Å². The average Bonchev–Trinajstić information content (AvgIpc) is 2.83. The summed E-state index contributed by atoms with van der Waals surface area (Å²) in [6.45, 7) is -2.33. The molecule has 0 aromatic heterocycles. The summed E-state index contributed by atoms with van der Waals surface area (Å²) in [5.74, 6) is 0. The number of hydrogen-bond donors (Lipinski definition) is 11. The molecule has 200 valence electrons. The fourth-order valence-corrected chi connectivity index (χ4v) is 4.03. The Morgan fingerprint density at radius 3 is 1.24 bits per heavy atom. The zero-order valence-electron chi connectivity index (χ0n) is 17.7. The van der Waals surface area contributed by atoms with Crippen LogP contribution >= 0.6 is 0 Å². The molecule has 16 nitrogen and oxygen atoms in total. The molecule has 0 amide bonds. The van der Waals surface area contributed by atoms with E-state index in [9.17, 15) is 56.2 Å². The summed E-state index contributed by atoms with van der Waals surface area (Å²) in [7, 11) is 0. The van der Waals surface area contributed by atoms with Crippen molar-refractivity contribution in [1.29, 1.82) is 0 Å². The highest BCUT2D eigenvalue weighted by molar-refractivity contribution is 4.96. The van der Waals surface area contributed by atoms with Crippen molar-refractivity contribution in [1.82, 2.24) is 0 Å². The zero-order chi connectivity index (χ0) is 25.3. The van der Waals surface area contributed by atoms with Gasteiger partial charge in [0.2, 0.25) is 0 Å². The molecular formula is C18H32O16. The molecule has 3 aliphatic rings. The third-order valence-corrected chi connectivity index (χ3v) is 6.10. The summed E-state index contributed by atoms with van der Waals surface area (Å²) in [6, 6.07) is 0. The van der Waals surface area contributed by atoms with Gasteiger partial charge in [-0.15, -0.1) is 0 Å². The van der Waals surface area contributed by atoms with Crippen molar-refractivity contribution in [3.8, 4) is 0 Å². The molecule has 0 aromatic rings. The highest BCUT2D eigenvalue weighted by atomic mass is 16.8. The summed E-state index contributed by atoms with van der Waals surface area (Å²) in [4.78, 5) is 0. The van der Waals surface area contributed by atoms with Crippen LogP contribution in [0.1, 0.15) is 0 Å². The van der Waals surface area contributed by atoms with Crippen LogP contribution in [0.5, 0.6) is 0 Å². The maximum atomic E-state index is 10.6. The number of ether oxygens (including phenoxy) is 5. The maximum absolute atomic E-state index is 10.6. The zero-order valence-corrected chi connectivity index (χ0v) is 17.7. The molecule has 0 bridgehead atoms. The summed E-state index contributed by atoms with van der Waals surface area (Å²) >= 11 is 0. The Balaban J connectivity index is 1.83. The molecule has 0 unspecified atom stereocenters. The van der Waals surface area contributed by atoms with E-state index in [-0.39, 0.29) is 0 Å². The van der Waals surface area contributed by atoms with Gasteiger partial charge in [-0.1, -0.05) is 0 Å². The van der Waals surface area contributed by atoms with E-state index in [1.807, 2.05) is 0 Å². The SMILES string of the molecule is OC[C@H]1O[C@@H](O[C@H]2[C@H](O)[C@@H](CO)O[C@@H](O)[C@@H]2O[C@H]2O[C@H](CO)[C@@H](O)[C@H](O)[C@@H]2O)[C@H](O)[C@@H](O)[C@H]1O. The van der Waals surface area contributed by atoms with Crippen LogP contribution in [0.25, 0.3) is 0 Å². The second kappa shape index (κ2) is 11.6. The molecule has 3 heterocycles. The number of rotatable bonds is 7. The first kappa shape index (κ1) is 27.9. The quantitative estimate of drug-likeness (QED) is 0.154. The van der Waals surface area contributed by atoms with Crippen LogP contribution in [0.15, 0.2) is 0 Å². The average molecular weight is 504 g/mol. The van der Waals surface area contributed by atoms with E-state index >= 15 is 0 Å². The van der Waals surface area contributed by atoms with Crippen molar-refractivity contribution >= 4 is 0 Å². The molecule has 0 aliphatic carbocycles. The lowest BCUT2D eigenvalue weighted by atomic mass is 9.96. The molecule has 16 heteroatoms. The van der Waals surface area contributed by atoms with Gasteiger partial charge in [-0.25, -0.2) is 0 Å². The Morgan fingerprint density at radius 1 is 0.441 bits per heavy atom. The fourth-order valence-electron chi connectivity index (χ4n) is 4.03. The predicted octanol–water partition coefficient (Wildman–Crippen LogP) is -7.57. The van der Waals surface area contributed by atoms with Gasteiger partial charge in [-0.3, -0.25) is 0 Å². The lowest BCUT2D eigenvalue weighted by molar-refractivity contribution is -0.387. The van der Waals surface area contributed by atoms with E-state index in [0.717, 1.165) is 0 Å². The molecule has 0 radical (unpaired) electrons. The second-order valence-electron chi connectivity index (χ2n) is 8.33. The first-order valence-electron chi connectivity index (χ1n) is 10.6. The Labute approximate surface area is 192 Å². The summed E-state index contributed by atoms with van der Waals surface area (Å²) < 4.78 is 26.5. The third kappa shape index (κ3) is 5.37. The minimum absolute atomic E-state index is 0.769. The van der Waals surface area contributed by atoms with Crippen LogP contribution in [-0.4, -0.2) is 168 Å². The fraction of sp³-hybridized carbons (Fsp3) is 1.00. The standard InChI is InChI=1S/C18H32O16/c19-1-4-7(22)10(25)12(27)17(31-4)33-14-9(24)6(3-21)30-16(29)15(14)34-18-13(28)11(26)8(23)5(2-20)32-18/h4-29H,1-3H2/t4-,5-,6-,7+,8-,9-,10+,11+,12-,13+,14+,15-,16-,17+,18-/m1/s1. The highest BCUT2D eigenvalue weighted by Crippen LogP contribution is 2.32. The van der Waals surface area contributed by atoms with Crippen LogP contribution in [0.2, 0.25) is 0 Å². The third-order valence-electron chi connectivity index (χ3n) is 6.10. The minimum Gasteiger partial charge on any atom is -0.394 e. The van der Waals surface area contributed by atoms with Crippen LogP contribution in [0.4, 0.5) is 0 Å². The van der Waals surface area contributed by atoms with E-state index in [4.69, 9.17) is 23.7 Å². The molecule has 0 spiro atoms. The van der Waals surface area contributed by atoms with E-state index in [2.05, 4.69) is 0 Å². The van der Waals surface area contributed by atoms with Gasteiger partial charge in [0.25, 0.3) is 0 Å². The van der Waals surface area contributed by atoms with E-state index in [0.29, 0.717) is 0 Å². The molecule has 11 N–H and O–H groups in total. The maximum Gasteiger partial charge on any atom is 0.187 e. The molecule has 0 aromatic carbocycles. The molecule has 3 fully saturated rings. The van der Waals surface area contributed by atoms with Gasteiger partial charge in [0, 0.05) is 0 Å². The van der Waals surface area contributed by atoms with E-state index < -0.39 is 112 Å². The minimum atomic E-state index is -1.94. The van der Waals surface area contributed by atoms with Gasteiger partial charge in [-0.2, -0.15) is 0 Å². The van der Waals surface area contributed by atoms with Crippen LogP contribution in [0, 0.1) is 0 Å². The largest absolute Gasteiger partial charge is 0.394 e. The first-order chi connectivity index (χ1) is 16.0. The topological polar surface area (TPSA) is 269 Å².